The van der Waals surface area contributed by atoms with Gasteiger partial charge in [0.1, 0.15) is 13.2 Å². The third-order valence-corrected chi connectivity index (χ3v) is 3.31. The minimum atomic E-state index is -0.500. The van der Waals surface area contributed by atoms with E-state index < -0.39 is 11.8 Å². The average Bonchev–Trinajstić information content (AvgIpc) is 2.64. The van der Waals surface area contributed by atoms with Crippen molar-refractivity contribution in [1.29, 1.82) is 0 Å². The van der Waals surface area contributed by atoms with Gasteiger partial charge in [-0.15, -0.1) is 0 Å². The number of halogens is 1. The molecule has 0 aromatic heterocycles. The molecule has 132 valence electrons. The number of carbonyl (C=O) groups is 2. The lowest BCUT2D eigenvalue weighted by Gasteiger charge is -2.08. The van der Waals surface area contributed by atoms with Gasteiger partial charge in [0.2, 0.25) is 5.91 Å². The molecular formula is C19H20FNO4. The van der Waals surface area contributed by atoms with E-state index in [1.165, 1.54) is 12.1 Å². The van der Waals surface area contributed by atoms with E-state index >= 15 is 0 Å². The topological polar surface area (TPSA) is 64.6 Å². The van der Waals surface area contributed by atoms with Gasteiger partial charge in [0, 0.05) is 6.42 Å². The summed E-state index contributed by atoms with van der Waals surface area (Å²) in [5, 5.41) is 2.49. The molecule has 0 aliphatic heterocycles. The van der Waals surface area contributed by atoms with Crippen molar-refractivity contribution in [3.63, 3.8) is 0 Å². The standard InChI is InChI=1S/C19H20FNO4/c20-16-9-4-5-10-17(16)24-12-6-11-18(22)21-13-19(23)25-14-15-7-2-1-3-8-15/h1-5,7-10H,6,11-14H2,(H,21,22). The molecule has 0 spiro atoms. The minimum Gasteiger partial charge on any atom is -0.491 e. The molecule has 1 N–H and O–H groups in total. The first kappa shape index (κ1) is 18.4. The number of benzene rings is 2. The molecule has 0 atom stereocenters. The van der Waals surface area contributed by atoms with Crippen molar-refractivity contribution in [3.8, 4) is 5.75 Å². The summed E-state index contributed by atoms with van der Waals surface area (Å²) >= 11 is 0. The van der Waals surface area contributed by atoms with E-state index in [-0.39, 0.29) is 37.8 Å². The van der Waals surface area contributed by atoms with Crippen LogP contribution in [0.1, 0.15) is 18.4 Å². The molecule has 2 aromatic rings. The highest BCUT2D eigenvalue weighted by atomic mass is 19.1. The highest BCUT2D eigenvalue weighted by Crippen LogP contribution is 2.15. The lowest BCUT2D eigenvalue weighted by atomic mass is 10.2. The van der Waals surface area contributed by atoms with Crippen LogP contribution in [-0.4, -0.2) is 25.0 Å². The molecule has 5 nitrogen and oxygen atoms in total. The summed E-state index contributed by atoms with van der Waals surface area (Å²) in [5.41, 5.74) is 0.882. The van der Waals surface area contributed by atoms with Gasteiger partial charge in [-0.1, -0.05) is 42.5 Å². The Bertz CT molecular complexity index is 691. The van der Waals surface area contributed by atoms with Crippen LogP contribution in [0.3, 0.4) is 0 Å². The molecule has 6 heteroatoms. The van der Waals surface area contributed by atoms with E-state index in [0.717, 1.165) is 5.56 Å². The maximum atomic E-state index is 13.3. The summed E-state index contributed by atoms with van der Waals surface area (Å²) in [7, 11) is 0. The smallest absolute Gasteiger partial charge is 0.325 e. The SMILES string of the molecule is O=C(CCCOc1ccccc1F)NCC(=O)OCc1ccccc1. The average molecular weight is 345 g/mol. The fraction of sp³-hybridized carbons (Fsp3) is 0.263. The summed E-state index contributed by atoms with van der Waals surface area (Å²) in [6.45, 7) is 0.207. The van der Waals surface area contributed by atoms with Crippen molar-refractivity contribution in [1.82, 2.24) is 5.32 Å². The van der Waals surface area contributed by atoms with E-state index in [4.69, 9.17) is 9.47 Å². The lowest BCUT2D eigenvalue weighted by molar-refractivity contribution is -0.145. The summed E-state index contributed by atoms with van der Waals surface area (Å²) < 4.78 is 23.6. The Morgan fingerprint density at radius 2 is 1.72 bits per heavy atom. The van der Waals surface area contributed by atoms with E-state index in [1.54, 1.807) is 12.1 Å². The van der Waals surface area contributed by atoms with Gasteiger partial charge in [0.05, 0.1) is 6.61 Å². The predicted molar refractivity (Wildman–Crippen MR) is 90.4 cm³/mol. The largest absolute Gasteiger partial charge is 0.491 e. The third-order valence-electron chi connectivity index (χ3n) is 3.31. The molecule has 0 saturated carbocycles. The molecule has 2 rings (SSSR count). The number of hydrogen-bond donors (Lipinski definition) is 1. The van der Waals surface area contributed by atoms with Gasteiger partial charge in [-0.05, 0) is 24.1 Å². The molecule has 0 aliphatic rings. The quantitative estimate of drug-likeness (QED) is 0.561. The van der Waals surface area contributed by atoms with Gasteiger partial charge in [-0.3, -0.25) is 9.59 Å². The molecule has 0 bridgehead atoms. The van der Waals surface area contributed by atoms with E-state index in [0.29, 0.717) is 6.42 Å². The van der Waals surface area contributed by atoms with Crippen molar-refractivity contribution in [2.45, 2.75) is 19.4 Å². The first-order valence-electron chi connectivity index (χ1n) is 7.99. The molecule has 0 heterocycles. The number of amides is 1. The summed E-state index contributed by atoms with van der Waals surface area (Å²) in [6, 6.07) is 15.4. The number of ether oxygens (including phenoxy) is 2. The Balaban J connectivity index is 1.56. The molecular weight excluding hydrogens is 325 g/mol. The van der Waals surface area contributed by atoms with E-state index in [9.17, 15) is 14.0 Å². The predicted octanol–water partition coefficient (Wildman–Crippen LogP) is 2.84. The summed E-state index contributed by atoms with van der Waals surface area (Å²) in [5.74, 6) is -1.06. The van der Waals surface area contributed by atoms with Gasteiger partial charge in [0.25, 0.3) is 0 Å². The highest BCUT2D eigenvalue weighted by molar-refractivity contribution is 5.81. The Morgan fingerprint density at radius 1 is 1.00 bits per heavy atom. The Morgan fingerprint density at radius 3 is 2.48 bits per heavy atom. The minimum absolute atomic E-state index is 0.160. The van der Waals surface area contributed by atoms with Crippen LogP contribution in [0.4, 0.5) is 4.39 Å². The van der Waals surface area contributed by atoms with Crippen LogP contribution in [-0.2, 0) is 20.9 Å². The summed E-state index contributed by atoms with van der Waals surface area (Å²) in [6.07, 6.45) is 0.597. The third kappa shape index (κ3) is 7.03. The Kier molecular flexibility index (Phi) is 7.43. The number of rotatable bonds is 9. The second-order valence-corrected chi connectivity index (χ2v) is 5.31. The van der Waals surface area contributed by atoms with Crippen LogP contribution >= 0.6 is 0 Å². The van der Waals surface area contributed by atoms with Gasteiger partial charge < -0.3 is 14.8 Å². The molecule has 0 aliphatic carbocycles. The molecule has 25 heavy (non-hydrogen) atoms. The zero-order chi connectivity index (χ0) is 17.9. The van der Waals surface area contributed by atoms with Crippen molar-refractivity contribution in [3.05, 3.63) is 66.0 Å². The van der Waals surface area contributed by atoms with Crippen LogP contribution < -0.4 is 10.1 Å². The number of para-hydroxylation sites is 1. The molecule has 2 aromatic carbocycles. The van der Waals surface area contributed by atoms with Crippen LogP contribution in [0, 0.1) is 5.82 Å². The van der Waals surface area contributed by atoms with Crippen molar-refractivity contribution in [2.24, 2.45) is 0 Å². The van der Waals surface area contributed by atoms with Crippen molar-refractivity contribution in [2.75, 3.05) is 13.2 Å². The van der Waals surface area contributed by atoms with Gasteiger partial charge in [0.15, 0.2) is 11.6 Å². The van der Waals surface area contributed by atoms with Crippen LogP contribution in [0.15, 0.2) is 54.6 Å². The monoisotopic (exact) mass is 345 g/mol. The molecule has 0 unspecified atom stereocenters. The number of carbonyl (C=O) groups excluding carboxylic acids is 2. The van der Waals surface area contributed by atoms with Gasteiger partial charge >= 0.3 is 5.97 Å². The van der Waals surface area contributed by atoms with Crippen molar-refractivity contribution < 1.29 is 23.5 Å². The zero-order valence-electron chi connectivity index (χ0n) is 13.7. The van der Waals surface area contributed by atoms with Crippen LogP contribution in [0.2, 0.25) is 0 Å². The number of nitrogens with one attached hydrogen (secondary N) is 1. The van der Waals surface area contributed by atoms with Crippen molar-refractivity contribution >= 4 is 11.9 Å². The first-order chi connectivity index (χ1) is 12.1. The lowest BCUT2D eigenvalue weighted by Crippen LogP contribution is -2.30. The Hall–Kier alpha value is -2.89. The molecule has 0 fully saturated rings. The maximum Gasteiger partial charge on any atom is 0.325 e. The normalized spacial score (nSPS) is 10.1. The van der Waals surface area contributed by atoms with E-state index in [2.05, 4.69) is 5.32 Å². The zero-order valence-corrected chi connectivity index (χ0v) is 13.7. The van der Waals surface area contributed by atoms with Crippen LogP contribution in [0.5, 0.6) is 5.75 Å². The highest BCUT2D eigenvalue weighted by Gasteiger charge is 2.07. The fourth-order valence-corrected chi connectivity index (χ4v) is 2.02. The second kappa shape index (κ2) is 10.1. The fourth-order valence-electron chi connectivity index (χ4n) is 2.02. The first-order valence-corrected chi connectivity index (χ1v) is 7.99. The number of hydrogen-bond acceptors (Lipinski definition) is 4. The molecule has 0 radical (unpaired) electrons. The summed E-state index contributed by atoms with van der Waals surface area (Å²) in [4.78, 5) is 23.2. The van der Waals surface area contributed by atoms with Crippen LogP contribution in [0.25, 0.3) is 0 Å². The maximum absolute atomic E-state index is 13.3. The second-order valence-electron chi connectivity index (χ2n) is 5.31. The molecule has 1 amide bonds. The van der Waals surface area contributed by atoms with Gasteiger partial charge in [-0.2, -0.15) is 0 Å². The van der Waals surface area contributed by atoms with Gasteiger partial charge in [-0.25, -0.2) is 4.39 Å². The Labute approximate surface area is 145 Å². The molecule has 0 saturated heterocycles. The number of esters is 1. The van der Waals surface area contributed by atoms with E-state index in [1.807, 2.05) is 30.3 Å².